The summed E-state index contributed by atoms with van der Waals surface area (Å²) in [5, 5.41) is 10.8. The molecule has 0 fully saturated rings. The van der Waals surface area contributed by atoms with E-state index in [9.17, 15) is 5.11 Å². The fraction of sp³-hybridized carbons (Fsp3) is 0.538. The van der Waals surface area contributed by atoms with Crippen LogP contribution in [-0.4, -0.2) is 12.2 Å². The molecule has 0 saturated heterocycles. The Labute approximate surface area is 101 Å². The summed E-state index contributed by atoms with van der Waals surface area (Å²) in [5.74, 6) is 0.620. The third-order valence-electron chi connectivity index (χ3n) is 3.15. The van der Waals surface area contributed by atoms with Gasteiger partial charge < -0.3 is 9.84 Å². The van der Waals surface area contributed by atoms with E-state index in [1.807, 2.05) is 6.07 Å². The van der Waals surface area contributed by atoms with Crippen molar-refractivity contribution in [1.29, 1.82) is 0 Å². The lowest BCUT2D eigenvalue weighted by Crippen LogP contribution is -2.17. The van der Waals surface area contributed by atoms with Gasteiger partial charge in [-0.3, -0.25) is 0 Å². The minimum atomic E-state index is -0.924. The number of halogens is 1. The number of benzene rings is 1. The Bertz CT molecular complexity index is 419. The number of hydrogen-bond donors (Lipinski definition) is 1. The van der Waals surface area contributed by atoms with Gasteiger partial charge in [0.2, 0.25) is 0 Å². The van der Waals surface area contributed by atoms with Crippen molar-refractivity contribution in [2.75, 3.05) is 7.11 Å². The Morgan fingerprint density at radius 2 is 2.06 bits per heavy atom. The van der Waals surface area contributed by atoms with Crippen LogP contribution in [0.3, 0.4) is 0 Å². The fourth-order valence-corrected chi connectivity index (χ4v) is 2.72. The predicted molar refractivity (Wildman–Crippen MR) is 65.3 cm³/mol. The fourth-order valence-electron chi connectivity index (χ4n) is 2.33. The highest BCUT2D eigenvalue weighted by Gasteiger charge is 2.27. The average molecular weight is 241 g/mol. The molecule has 1 aromatic rings. The molecular formula is C13H17ClO2. The molecule has 0 amide bonds. The van der Waals surface area contributed by atoms with Gasteiger partial charge in [-0.15, -0.1) is 0 Å². The Hall–Kier alpha value is -0.730. The van der Waals surface area contributed by atoms with E-state index in [1.54, 1.807) is 21.0 Å². The van der Waals surface area contributed by atoms with Crippen LogP contribution in [0.25, 0.3) is 0 Å². The first-order valence-electron chi connectivity index (χ1n) is 5.56. The zero-order valence-corrected chi connectivity index (χ0v) is 10.7. The van der Waals surface area contributed by atoms with E-state index >= 15 is 0 Å². The normalized spacial score (nSPS) is 15.1. The summed E-state index contributed by atoms with van der Waals surface area (Å²) in [5.41, 5.74) is 2.29. The van der Waals surface area contributed by atoms with E-state index in [1.165, 1.54) is 11.1 Å². The minimum Gasteiger partial charge on any atom is -0.495 e. The first-order chi connectivity index (χ1) is 7.45. The summed E-state index contributed by atoms with van der Waals surface area (Å²) in [4.78, 5) is 0. The molecular weight excluding hydrogens is 224 g/mol. The molecule has 0 bridgehead atoms. The van der Waals surface area contributed by atoms with Crippen LogP contribution in [-0.2, 0) is 18.4 Å². The molecule has 0 aliphatic heterocycles. The van der Waals surface area contributed by atoms with Crippen molar-refractivity contribution in [1.82, 2.24) is 0 Å². The molecule has 1 N–H and O–H groups in total. The molecule has 0 spiro atoms. The largest absolute Gasteiger partial charge is 0.495 e. The van der Waals surface area contributed by atoms with Gasteiger partial charge in [-0.25, -0.2) is 0 Å². The van der Waals surface area contributed by atoms with Gasteiger partial charge in [0, 0.05) is 5.56 Å². The standard InChI is InChI=1S/C13H17ClO2/c1-13(2,15)10-7-8-5-4-6-9(8)11(14)12(10)16-3/h7,15H,4-6H2,1-3H3. The molecule has 88 valence electrons. The lowest BCUT2D eigenvalue weighted by Gasteiger charge is -2.23. The van der Waals surface area contributed by atoms with Crippen molar-refractivity contribution in [2.24, 2.45) is 0 Å². The molecule has 2 nitrogen and oxygen atoms in total. The molecule has 0 heterocycles. The minimum absolute atomic E-state index is 0.620. The average Bonchev–Trinajstić information content (AvgIpc) is 2.64. The topological polar surface area (TPSA) is 29.5 Å². The van der Waals surface area contributed by atoms with Crippen molar-refractivity contribution < 1.29 is 9.84 Å². The Kier molecular flexibility index (Phi) is 2.89. The molecule has 1 aliphatic carbocycles. The van der Waals surface area contributed by atoms with Crippen LogP contribution < -0.4 is 4.74 Å². The van der Waals surface area contributed by atoms with Gasteiger partial charge in [0.1, 0.15) is 5.75 Å². The van der Waals surface area contributed by atoms with Crippen molar-refractivity contribution in [2.45, 2.75) is 38.7 Å². The van der Waals surface area contributed by atoms with Gasteiger partial charge in [0.15, 0.2) is 0 Å². The van der Waals surface area contributed by atoms with Crippen LogP contribution in [0.4, 0.5) is 0 Å². The maximum absolute atomic E-state index is 10.1. The van der Waals surface area contributed by atoms with Gasteiger partial charge in [-0.2, -0.15) is 0 Å². The molecule has 0 aromatic heterocycles. The van der Waals surface area contributed by atoms with Crippen LogP contribution in [0.1, 0.15) is 37.0 Å². The maximum Gasteiger partial charge on any atom is 0.143 e. The summed E-state index contributed by atoms with van der Waals surface area (Å²) in [7, 11) is 1.60. The molecule has 0 radical (unpaired) electrons. The summed E-state index contributed by atoms with van der Waals surface area (Å²) < 4.78 is 5.34. The lowest BCUT2D eigenvalue weighted by molar-refractivity contribution is 0.0756. The van der Waals surface area contributed by atoms with Gasteiger partial charge in [-0.05, 0) is 50.3 Å². The highest BCUT2D eigenvalue weighted by Crippen LogP contribution is 2.42. The molecule has 0 saturated carbocycles. The monoisotopic (exact) mass is 240 g/mol. The quantitative estimate of drug-likeness (QED) is 0.861. The lowest BCUT2D eigenvalue weighted by atomic mass is 9.93. The summed E-state index contributed by atoms with van der Waals surface area (Å²) in [6.07, 6.45) is 3.19. The van der Waals surface area contributed by atoms with E-state index < -0.39 is 5.60 Å². The SMILES string of the molecule is COc1c(C(C)(C)O)cc2c(c1Cl)CCC2. The second kappa shape index (κ2) is 3.94. The molecule has 1 aliphatic rings. The summed E-state index contributed by atoms with van der Waals surface area (Å²) in [6, 6.07) is 2.03. The van der Waals surface area contributed by atoms with Crippen molar-refractivity contribution in [3.63, 3.8) is 0 Å². The third kappa shape index (κ3) is 1.80. The van der Waals surface area contributed by atoms with E-state index in [-0.39, 0.29) is 0 Å². The third-order valence-corrected chi connectivity index (χ3v) is 3.55. The number of ether oxygens (including phenoxy) is 1. The Balaban J connectivity index is 2.66. The predicted octanol–water partition coefficient (Wildman–Crippen LogP) is 3.06. The zero-order valence-electron chi connectivity index (χ0n) is 9.93. The maximum atomic E-state index is 10.1. The molecule has 0 unspecified atom stereocenters. The zero-order chi connectivity index (χ0) is 11.9. The summed E-state index contributed by atoms with van der Waals surface area (Å²) >= 11 is 6.33. The van der Waals surface area contributed by atoms with Crippen molar-refractivity contribution >= 4 is 11.6 Å². The van der Waals surface area contributed by atoms with E-state index in [4.69, 9.17) is 16.3 Å². The number of aliphatic hydroxyl groups is 1. The van der Waals surface area contributed by atoms with Crippen LogP contribution >= 0.6 is 11.6 Å². The second-order valence-corrected chi connectivity index (χ2v) is 5.20. The summed E-state index contributed by atoms with van der Waals surface area (Å²) in [6.45, 7) is 3.51. The van der Waals surface area contributed by atoms with Crippen LogP contribution in [0, 0.1) is 0 Å². The molecule has 16 heavy (non-hydrogen) atoms. The highest BCUT2D eigenvalue weighted by atomic mass is 35.5. The number of rotatable bonds is 2. The van der Waals surface area contributed by atoms with Crippen molar-refractivity contribution in [3.05, 3.63) is 27.8 Å². The van der Waals surface area contributed by atoms with Crippen molar-refractivity contribution in [3.8, 4) is 5.75 Å². The van der Waals surface area contributed by atoms with Gasteiger partial charge in [0.25, 0.3) is 0 Å². The van der Waals surface area contributed by atoms with Gasteiger partial charge in [-0.1, -0.05) is 11.6 Å². The molecule has 2 rings (SSSR count). The number of fused-ring (bicyclic) bond motifs is 1. The smallest absolute Gasteiger partial charge is 0.143 e. The first kappa shape index (κ1) is 11.7. The Morgan fingerprint density at radius 3 is 2.62 bits per heavy atom. The molecule has 1 aromatic carbocycles. The number of hydrogen-bond acceptors (Lipinski definition) is 2. The van der Waals surface area contributed by atoms with E-state index in [0.717, 1.165) is 24.8 Å². The van der Waals surface area contributed by atoms with Crippen LogP contribution in [0.5, 0.6) is 5.75 Å². The van der Waals surface area contributed by atoms with Crippen LogP contribution in [0.15, 0.2) is 6.07 Å². The first-order valence-corrected chi connectivity index (χ1v) is 5.94. The van der Waals surface area contributed by atoms with Gasteiger partial charge >= 0.3 is 0 Å². The van der Waals surface area contributed by atoms with E-state index in [2.05, 4.69) is 0 Å². The van der Waals surface area contributed by atoms with Crippen LogP contribution in [0.2, 0.25) is 5.02 Å². The molecule has 0 atom stereocenters. The number of methoxy groups -OCH3 is 1. The number of aryl methyl sites for hydroxylation is 1. The highest BCUT2D eigenvalue weighted by molar-refractivity contribution is 6.33. The van der Waals surface area contributed by atoms with Gasteiger partial charge in [0.05, 0.1) is 17.7 Å². The Morgan fingerprint density at radius 1 is 1.38 bits per heavy atom. The second-order valence-electron chi connectivity index (χ2n) is 4.82. The molecule has 3 heteroatoms. The van der Waals surface area contributed by atoms with E-state index in [0.29, 0.717) is 10.8 Å².